The topological polar surface area (TPSA) is 71.1 Å². The van der Waals surface area contributed by atoms with Gasteiger partial charge in [-0.15, -0.1) is 0 Å². The smallest absolute Gasteiger partial charge is 0.229 e. The standard InChI is InChI=1S/C19H17F2N3O2S/c1-27(25,26)24-16-5-2-4-13(10-16)18-6-3-7-19(23-18)22-12-14-8-9-15(20)11-17(14)21/h2-11,24H,12H2,1H3,(H,22,23). The van der Waals surface area contributed by atoms with E-state index < -0.39 is 21.7 Å². The highest BCUT2D eigenvalue weighted by molar-refractivity contribution is 7.92. The van der Waals surface area contributed by atoms with Gasteiger partial charge in [0.2, 0.25) is 10.0 Å². The van der Waals surface area contributed by atoms with Crippen LogP contribution in [0, 0.1) is 11.6 Å². The van der Waals surface area contributed by atoms with E-state index in [-0.39, 0.29) is 6.54 Å². The van der Waals surface area contributed by atoms with Crippen molar-refractivity contribution in [3.8, 4) is 11.3 Å². The van der Waals surface area contributed by atoms with Gasteiger partial charge in [0.25, 0.3) is 0 Å². The van der Waals surface area contributed by atoms with Gasteiger partial charge in [-0.3, -0.25) is 4.72 Å². The van der Waals surface area contributed by atoms with Crippen LogP contribution < -0.4 is 10.0 Å². The second-order valence-corrected chi connectivity index (χ2v) is 7.70. The fraction of sp³-hybridized carbons (Fsp3) is 0.105. The number of halogens is 2. The number of sulfonamides is 1. The summed E-state index contributed by atoms with van der Waals surface area (Å²) in [5.74, 6) is -0.741. The minimum Gasteiger partial charge on any atom is -0.366 e. The maximum Gasteiger partial charge on any atom is 0.229 e. The Morgan fingerprint density at radius 1 is 1.00 bits per heavy atom. The van der Waals surface area contributed by atoms with Gasteiger partial charge in [0, 0.05) is 29.4 Å². The van der Waals surface area contributed by atoms with Crippen molar-refractivity contribution in [3.05, 3.63) is 77.9 Å². The largest absolute Gasteiger partial charge is 0.366 e. The van der Waals surface area contributed by atoms with Gasteiger partial charge < -0.3 is 5.32 Å². The zero-order valence-electron chi connectivity index (χ0n) is 14.4. The molecule has 0 atom stereocenters. The fourth-order valence-corrected chi connectivity index (χ4v) is 3.06. The molecule has 0 fully saturated rings. The number of rotatable bonds is 6. The highest BCUT2D eigenvalue weighted by atomic mass is 32.2. The van der Waals surface area contributed by atoms with Crippen molar-refractivity contribution in [3.63, 3.8) is 0 Å². The van der Waals surface area contributed by atoms with Crippen molar-refractivity contribution in [2.45, 2.75) is 6.54 Å². The lowest BCUT2D eigenvalue weighted by Gasteiger charge is -2.10. The van der Waals surface area contributed by atoms with E-state index in [1.165, 1.54) is 12.1 Å². The maximum atomic E-state index is 13.7. The van der Waals surface area contributed by atoms with E-state index in [4.69, 9.17) is 0 Å². The molecule has 2 aromatic carbocycles. The summed E-state index contributed by atoms with van der Waals surface area (Å²) in [4.78, 5) is 4.46. The Morgan fingerprint density at radius 3 is 2.52 bits per heavy atom. The zero-order valence-corrected chi connectivity index (χ0v) is 15.2. The Hall–Kier alpha value is -3.00. The summed E-state index contributed by atoms with van der Waals surface area (Å²) in [5.41, 5.74) is 2.10. The number of nitrogens with zero attached hydrogens (tertiary/aromatic N) is 1. The van der Waals surface area contributed by atoms with E-state index in [2.05, 4.69) is 15.0 Å². The summed E-state index contributed by atoms with van der Waals surface area (Å²) in [6, 6.07) is 15.5. The van der Waals surface area contributed by atoms with Crippen LogP contribution in [0.2, 0.25) is 0 Å². The first-order chi connectivity index (χ1) is 12.8. The minimum absolute atomic E-state index is 0.151. The quantitative estimate of drug-likeness (QED) is 0.668. The molecule has 140 valence electrons. The fourth-order valence-electron chi connectivity index (χ4n) is 2.50. The molecular formula is C19H17F2N3O2S. The molecule has 0 unspecified atom stereocenters. The number of nitrogens with one attached hydrogen (secondary N) is 2. The minimum atomic E-state index is -3.38. The first-order valence-electron chi connectivity index (χ1n) is 8.03. The molecule has 0 spiro atoms. The highest BCUT2D eigenvalue weighted by Gasteiger charge is 2.07. The van der Waals surface area contributed by atoms with Crippen LogP contribution in [-0.4, -0.2) is 19.7 Å². The van der Waals surface area contributed by atoms with Gasteiger partial charge >= 0.3 is 0 Å². The van der Waals surface area contributed by atoms with Crippen molar-refractivity contribution in [2.75, 3.05) is 16.3 Å². The first kappa shape index (κ1) is 18.8. The van der Waals surface area contributed by atoms with E-state index in [0.29, 0.717) is 22.8 Å². The van der Waals surface area contributed by atoms with Gasteiger partial charge in [-0.05, 0) is 30.3 Å². The molecule has 3 rings (SSSR count). The Kier molecular flexibility index (Phi) is 5.36. The second-order valence-electron chi connectivity index (χ2n) is 5.95. The molecule has 0 aliphatic rings. The predicted octanol–water partition coefficient (Wildman–Crippen LogP) is 4.01. The summed E-state index contributed by atoms with van der Waals surface area (Å²) in [6.45, 7) is 0.151. The van der Waals surface area contributed by atoms with Crippen LogP contribution in [0.5, 0.6) is 0 Å². The molecule has 2 N–H and O–H groups in total. The Balaban J connectivity index is 1.78. The molecule has 3 aromatic rings. The third-order valence-corrected chi connectivity index (χ3v) is 4.29. The van der Waals surface area contributed by atoms with Crippen molar-refractivity contribution in [1.29, 1.82) is 0 Å². The van der Waals surface area contributed by atoms with Gasteiger partial charge in [-0.25, -0.2) is 22.2 Å². The Labute approximate surface area is 156 Å². The predicted molar refractivity (Wildman–Crippen MR) is 102 cm³/mol. The van der Waals surface area contributed by atoms with Crippen LogP contribution in [0.3, 0.4) is 0 Å². The normalized spacial score (nSPS) is 11.2. The highest BCUT2D eigenvalue weighted by Crippen LogP contribution is 2.23. The van der Waals surface area contributed by atoms with Crippen LogP contribution >= 0.6 is 0 Å². The maximum absolute atomic E-state index is 13.7. The van der Waals surface area contributed by atoms with Gasteiger partial charge in [0.1, 0.15) is 17.5 Å². The van der Waals surface area contributed by atoms with Crippen molar-refractivity contribution < 1.29 is 17.2 Å². The van der Waals surface area contributed by atoms with Crippen LogP contribution in [0.15, 0.2) is 60.7 Å². The van der Waals surface area contributed by atoms with Crippen molar-refractivity contribution in [2.24, 2.45) is 0 Å². The molecule has 0 radical (unpaired) electrons. The zero-order chi connectivity index (χ0) is 19.4. The third kappa shape index (κ3) is 5.24. The third-order valence-electron chi connectivity index (χ3n) is 3.69. The van der Waals surface area contributed by atoms with E-state index in [1.54, 1.807) is 42.5 Å². The SMILES string of the molecule is CS(=O)(=O)Nc1cccc(-c2cccc(NCc3ccc(F)cc3F)n2)c1. The molecule has 0 saturated carbocycles. The number of benzene rings is 2. The van der Waals surface area contributed by atoms with Crippen LogP contribution in [0.25, 0.3) is 11.3 Å². The summed E-state index contributed by atoms with van der Waals surface area (Å²) < 4.78 is 51.9. The Morgan fingerprint density at radius 2 is 1.78 bits per heavy atom. The molecule has 27 heavy (non-hydrogen) atoms. The van der Waals surface area contributed by atoms with Gasteiger partial charge in [0.05, 0.1) is 11.9 Å². The molecule has 8 heteroatoms. The molecule has 5 nitrogen and oxygen atoms in total. The van der Waals surface area contributed by atoms with Crippen molar-refractivity contribution in [1.82, 2.24) is 4.98 Å². The number of anilines is 2. The molecule has 0 aliphatic heterocycles. The summed E-state index contributed by atoms with van der Waals surface area (Å²) in [6.07, 6.45) is 1.08. The van der Waals surface area contributed by atoms with Gasteiger partial charge in [-0.2, -0.15) is 0 Å². The lowest BCUT2D eigenvalue weighted by atomic mass is 10.1. The van der Waals surface area contributed by atoms with E-state index in [9.17, 15) is 17.2 Å². The molecule has 0 aliphatic carbocycles. The lowest BCUT2D eigenvalue weighted by molar-refractivity contribution is 0.574. The number of aromatic nitrogens is 1. The molecule has 1 aromatic heterocycles. The van der Waals surface area contributed by atoms with E-state index in [1.807, 2.05) is 0 Å². The summed E-state index contributed by atoms with van der Waals surface area (Å²) >= 11 is 0. The van der Waals surface area contributed by atoms with E-state index >= 15 is 0 Å². The average molecular weight is 389 g/mol. The first-order valence-corrected chi connectivity index (χ1v) is 9.92. The number of pyridine rings is 1. The van der Waals surface area contributed by atoms with Crippen LogP contribution in [-0.2, 0) is 16.6 Å². The number of hydrogen-bond donors (Lipinski definition) is 2. The molecular weight excluding hydrogens is 372 g/mol. The lowest BCUT2D eigenvalue weighted by Crippen LogP contribution is -2.09. The van der Waals surface area contributed by atoms with Crippen molar-refractivity contribution >= 4 is 21.5 Å². The van der Waals surface area contributed by atoms with Gasteiger partial charge in [0.15, 0.2) is 0 Å². The van der Waals surface area contributed by atoms with Gasteiger partial charge in [-0.1, -0.05) is 24.3 Å². The molecule has 0 bridgehead atoms. The summed E-state index contributed by atoms with van der Waals surface area (Å²) in [7, 11) is -3.38. The van der Waals surface area contributed by atoms with Crippen LogP contribution in [0.4, 0.5) is 20.3 Å². The average Bonchev–Trinajstić information content (AvgIpc) is 2.60. The monoisotopic (exact) mass is 389 g/mol. The van der Waals surface area contributed by atoms with E-state index in [0.717, 1.165) is 17.9 Å². The number of hydrogen-bond acceptors (Lipinski definition) is 4. The second kappa shape index (κ2) is 7.71. The molecule has 1 heterocycles. The molecule has 0 saturated heterocycles. The summed E-state index contributed by atoms with van der Waals surface area (Å²) in [5, 5.41) is 3.00. The molecule has 0 amide bonds. The van der Waals surface area contributed by atoms with Crippen LogP contribution in [0.1, 0.15) is 5.56 Å². The Bertz CT molecular complexity index is 1070.